The van der Waals surface area contributed by atoms with Gasteiger partial charge in [0.15, 0.2) is 0 Å². The molecule has 1 aliphatic rings. The maximum absolute atomic E-state index is 12.1. The van der Waals surface area contributed by atoms with Crippen LogP contribution in [0.5, 0.6) is 0 Å². The minimum Gasteiger partial charge on any atom is -0.372 e. The molecule has 2 nitrogen and oxygen atoms in total. The van der Waals surface area contributed by atoms with Gasteiger partial charge in [-0.2, -0.15) is 13.2 Å². The zero-order valence-corrected chi connectivity index (χ0v) is 12.4. The van der Waals surface area contributed by atoms with Crippen molar-refractivity contribution in [2.24, 2.45) is 0 Å². The minimum absolute atomic E-state index is 0.0863. The summed E-state index contributed by atoms with van der Waals surface area (Å²) in [5, 5.41) is 4.05. The van der Waals surface area contributed by atoms with E-state index < -0.39 is 12.8 Å². The van der Waals surface area contributed by atoms with Gasteiger partial charge in [0.1, 0.15) is 6.61 Å². The van der Waals surface area contributed by atoms with Crippen molar-refractivity contribution in [2.45, 2.75) is 37.4 Å². The molecule has 0 amide bonds. The Morgan fingerprint density at radius 3 is 2.71 bits per heavy atom. The Balaban J connectivity index is 1.85. The van der Waals surface area contributed by atoms with E-state index in [1.165, 1.54) is 12.8 Å². The molecule has 0 bridgehead atoms. The molecule has 21 heavy (non-hydrogen) atoms. The van der Waals surface area contributed by atoms with Gasteiger partial charge >= 0.3 is 6.18 Å². The van der Waals surface area contributed by atoms with E-state index in [9.17, 15) is 13.2 Å². The first-order valence-corrected chi connectivity index (χ1v) is 7.45. The summed E-state index contributed by atoms with van der Waals surface area (Å²) in [6.07, 6.45) is -1.38. The highest BCUT2D eigenvalue weighted by Gasteiger charge is 2.27. The highest BCUT2D eigenvalue weighted by Crippen LogP contribution is 2.25. The number of alkyl halides is 3. The molecule has 1 aromatic rings. The molecule has 1 aromatic carbocycles. The van der Waals surface area contributed by atoms with Crippen molar-refractivity contribution >= 4 is 11.6 Å². The third-order valence-corrected chi connectivity index (χ3v) is 3.66. The Morgan fingerprint density at radius 1 is 1.33 bits per heavy atom. The molecule has 0 spiro atoms. The standard InChI is InChI=1S/C15H19ClF3NO/c16-13-3-1-2-11(8-13)12(9-20-14-4-5-14)6-7-21-10-15(17,18)19/h1-3,8,12,14,20H,4-7,9-10H2. The normalized spacial score (nSPS) is 17.0. The van der Waals surface area contributed by atoms with E-state index >= 15 is 0 Å². The smallest absolute Gasteiger partial charge is 0.372 e. The van der Waals surface area contributed by atoms with Crippen LogP contribution >= 0.6 is 11.6 Å². The van der Waals surface area contributed by atoms with Crippen LogP contribution in [0.15, 0.2) is 24.3 Å². The molecule has 0 aromatic heterocycles. The summed E-state index contributed by atoms with van der Waals surface area (Å²) < 4.78 is 40.9. The molecule has 1 saturated carbocycles. The van der Waals surface area contributed by atoms with Crippen LogP contribution < -0.4 is 5.32 Å². The van der Waals surface area contributed by atoms with Gasteiger partial charge in [-0.25, -0.2) is 0 Å². The Hall–Kier alpha value is -0.780. The van der Waals surface area contributed by atoms with Crippen molar-refractivity contribution < 1.29 is 17.9 Å². The van der Waals surface area contributed by atoms with E-state index in [0.717, 1.165) is 12.1 Å². The Morgan fingerprint density at radius 2 is 2.10 bits per heavy atom. The molecular weight excluding hydrogens is 303 g/mol. The monoisotopic (exact) mass is 321 g/mol. The molecule has 1 unspecified atom stereocenters. The maximum Gasteiger partial charge on any atom is 0.411 e. The summed E-state index contributed by atoms with van der Waals surface area (Å²) in [4.78, 5) is 0. The Bertz CT molecular complexity index is 449. The molecule has 1 aliphatic carbocycles. The molecule has 1 fully saturated rings. The van der Waals surface area contributed by atoms with Crippen LogP contribution in [0.4, 0.5) is 13.2 Å². The lowest BCUT2D eigenvalue weighted by molar-refractivity contribution is -0.174. The largest absolute Gasteiger partial charge is 0.411 e. The predicted molar refractivity (Wildman–Crippen MR) is 76.7 cm³/mol. The van der Waals surface area contributed by atoms with E-state index in [1.807, 2.05) is 18.2 Å². The summed E-state index contributed by atoms with van der Waals surface area (Å²) in [5.41, 5.74) is 1.03. The van der Waals surface area contributed by atoms with E-state index in [0.29, 0.717) is 17.5 Å². The second-order valence-corrected chi connectivity index (χ2v) is 5.83. The zero-order valence-electron chi connectivity index (χ0n) is 11.6. The lowest BCUT2D eigenvalue weighted by Crippen LogP contribution is -2.25. The number of benzene rings is 1. The van der Waals surface area contributed by atoms with Crippen molar-refractivity contribution in [1.29, 1.82) is 0 Å². The van der Waals surface area contributed by atoms with Crippen LogP contribution in [-0.2, 0) is 4.74 Å². The molecule has 6 heteroatoms. The van der Waals surface area contributed by atoms with Crippen LogP contribution in [0.2, 0.25) is 5.02 Å². The molecule has 1 N–H and O–H groups in total. The fraction of sp³-hybridized carbons (Fsp3) is 0.600. The molecule has 0 aliphatic heterocycles. The highest BCUT2D eigenvalue weighted by molar-refractivity contribution is 6.30. The van der Waals surface area contributed by atoms with Crippen LogP contribution in [0.3, 0.4) is 0 Å². The number of rotatable bonds is 8. The topological polar surface area (TPSA) is 21.3 Å². The van der Waals surface area contributed by atoms with Crippen LogP contribution in [0, 0.1) is 0 Å². The first-order valence-electron chi connectivity index (χ1n) is 7.07. The van der Waals surface area contributed by atoms with E-state index in [4.69, 9.17) is 16.3 Å². The predicted octanol–water partition coefficient (Wildman–Crippen LogP) is 4.14. The molecule has 2 rings (SSSR count). The van der Waals surface area contributed by atoms with Gasteiger partial charge < -0.3 is 10.1 Å². The van der Waals surface area contributed by atoms with Gasteiger partial charge in [0, 0.05) is 24.2 Å². The average molecular weight is 322 g/mol. The van der Waals surface area contributed by atoms with Crippen LogP contribution in [0.25, 0.3) is 0 Å². The Kier molecular flexibility index (Phi) is 5.90. The lowest BCUT2D eigenvalue weighted by Gasteiger charge is -2.19. The summed E-state index contributed by atoms with van der Waals surface area (Å²) in [6.45, 7) is -0.366. The number of ether oxygens (including phenoxy) is 1. The Labute approximate surface area is 127 Å². The van der Waals surface area contributed by atoms with Gasteiger partial charge in [-0.15, -0.1) is 0 Å². The third kappa shape index (κ3) is 6.68. The van der Waals surface area contributed by atoms with Crippen molar-refractivity contribution in [1.82, 2.24) is 5.32 Å². The van der Waals surface area contributed by atoms with Gasteiger partial charge in [0.2, 0.25) is 0 Å². The second-order valence-electron chi connectivity index (χ2n) is 5.39. The quantitative estimate of drug-likeness (QED) is 0.726. The SMILES string of the molecule is FC(F)(F)COCCC(CNC1CC1)c1cccc(Cl)c1. The van der Waals surface area contributed by atoms with Gasteiger partial charge in [-0.1, -0.05) is 23.7 Å². The maximum atomic E-state index is 12.1. The van der Waals surface area contributed by atoms with Crippen molar-refractivity contribution in [3.05, 3.63) is 34.9 Å². The molecule has 1 atom stereocenters. The fourth-order valence-corrected chi connectivity index (χ4v) is 2.36. The second kappa shape index (κ2) is 7.47. The zero-order chi connectivity index (χ0) is 15.3. The number of nitrogens with one attached hydrogen (secondary N) is 1. The van der Waals surface area contributed by atoms with Crippen molar-refractivity contribution in [2.75, 3.05) is 19.8 Å². The van der Waals surface area contributed by atoms with Gasteiger partial charge in [0.25, 0.3) is 0 Å². The molecule has 118 valence electrons. The first-order chi connectivity index (χ1) is 9.94. The van der Waals surface area contributed by atoms with Crippen LogP contribution in [-0.4, -0.2) is 32.0 Å². The lowest BCUT2D eigenvalue weighted by atomic mass is 9.96. The average Bonchev–Trinajstić information content (AvgIpc) is 3.20. The highest BCUT2D eigenvalue weighted by atomic mass is 35.5. The van der Waals surface area contributed by atoms with Crippen molar-refractivity contribution in [3.63, 3.8) is 0 Å². The van der Waals surface area contributed by atoms with Crippen molar-refractivity contribution in [3.8, 4) is 0 Å². The fourth-order valence-electron chi connectivity index (χ4n) is 2.16. The van der Waals surface area contributed by atoms with Crippen LogP contribution in [0.1, 0.15) is 30.7 Å². The van der Waals surface area contributed by atoms with Gasteiger partial charge in [0.05, 0.1) is 0 Å². The molecule has 0 heterocycles. The molecular formula is C15H19ClF3NO. The molecule has 0 saturated heterocycles. The summed E-state index contributed by atoms with van der Waals surface area (Å²) >= 11 is 5.98. The summed E-state index contributed by atoms with van der Waals surface area (Å²) in [7, 11) is 0. The number of hydrogen-bond donors (Lipinski definition) is 1. The van der Waals surface area contributed by atoms with Gasteiger partial charge in [-0.3, -0.25) is 0 Å². The number of hydrogen-bond acceptors (Lipinski definition) is 2. The summed E-state index contributed by atoms with van der Waals surface area (Å²) in [5.74, 6) is 0.109. The summed E-state index contributed by atoms with van der Waals surface area (Å²) in [6, 6.07) is 8.02. The van der Waals surface area contributed by atoms with E-state index in [1.54, 1.807) is 6.07 Å². The number of halogens is 4. The van der Waals surface area contributed by atoms with E-state index in [2.05, 4.69) is 5.32 Å². The third-order valence-electron chi connectivity index (χ3n) is 3.43. The first kappa shape index (κ1) is 16.6. The van der Waals surface area contributed by atoms with E-state index in [-0.39, 0.29) is 12.5 Å². The minimum atomic E-state index is -4.27. The van der Waals surface area contributed by atoms with Gasteiger partial charge in [-0.05, 0) is 42.9 Å². The molecule has 0 radical (unpaired) electrons.